The van der Waals surface area contributed by atoms with Gasteiger partial charge < -0.3 is 16.2 Å². The second-order valence-corrected chi connectivity index (χ2v) is 4.64. The maximum atomic E-state index is 13.5. The van der Waals surface area contributed by atoms with Crippen molar-refractivity contribution < 1.29 is 14.3 Å². The van der Waals surface area contributed by atoms with Gasteiger partial charge in [-0.15, -0.1) is 0 Å². The summed E-state index contributed by atoms with van der Waals surface area (Å²) in [6.45, 7) is 3.31. The minimum Gasteiger partial charge on any atom is -0.399 e. The molecule has 0 unspecified atom stereocenters. The van der Waals surface area contributed by atoms with Gasteiger partial charge in [-0.05, 0) is 31.2 Å². The Morgan fingerprint density at radius 3 is 2.85 bits per heavy atom. The van der Waals surface area contributed by atoms with Gasteiger partial charge in [-0.1, -0.05) is 13.3 Å². The molecular formula is C14H22FN3O2. The molecule has 0 fully saturated rings. The zero-order valence-corrected chi connectivity index (χ0v) is 11.7. The van der Waals surface area contributed by atoms with Crippen LogP contribution in [0.4, 0.5) is 15.8 Å². The zero-order valence-electron chi connectivity index (χ0n) is 11.7. The van der Waals surface area contributed by atoms with Crippen LogP contribution in [0.2, 0.25) is 0 Å². The largest absolute Gasteiger partial charge is 0.399 e. The van der Waals surface area contributed by atoms with E-state index < -0.39 is 5.82 Å². The van der Waals surface area contributed by atoms with Gasteiger partial charge in [0.05, 0.1) is 18.8 Å². The van der Waals surface area contributed by atoms with E-state index in [-0.39, 0.29) is 24.7 Å². The average molecular weight is 283 g/mol. The number of nitrogens with one attached hydrogen (secondary N) is 1. The topological polar surface area (TPSA) is 78.6 Å². The molecule has 0 heterocycles. The number of unbranched alkanes of at least 4 members (excludes halogenated alkanes) is 1. The van der Waals surface area contributed by atoms with E-state index in [1.54, 1.807) is 0 Å². The van der Waals surface area contributed by atoms with Crippen molar-refractivity contribution in [2.75, 3.05) is 37.3 Å². The van der Waals surface area contributed by atoms with Crippen molar-refractivity contribution in [2.24, 2.45) is 0 Å². The number of benzene rings is 1. The number of halogens is 1. The van der Waals surface area contributed by atoms with E-state index in [1.165, 1.54) is 18.2 Å². The van der Waals surface area contributed by atoms with Crippen molar-refractivity contribution in [2.45, 2.75) is 19.8 Å². The van der Waals surface area contributed by atoms with Crippen LogP contribution in [0.1, 0.15) is 19.8 Å². The summed E-state index contributed by atoms with van der Waals surface area (Å²) >= 11 is 0. The van der Waals surface area contributed by atoms with Crippen molar-refractivity contribution in [3.63, 3.8) is 0 Å². The number of nitrogen functional groups attached to an aromatic ring is 1. The summed E-state index contributed by atoms with van der Waals surface area (Å²) < 4.78 is 13.5. The molecule has 0 aliphatic rings. The molecule has 1 aromatic carbocycles. The second-order valence-electron chi connectivity index (χ2n) is 4.64. The Morgan fingerprint density at radius 2 is 2.20 bits per heavy atom. The smallest absolute Gasteiger partial charge is 0.238 e. The number of carbonyl (C=O) groups excluding carboxylic acids is 1. The molecule has 1 aromatic rings. The summed E-state index contributed by atoms with van der Waals surface area (Å²) in [6.07, 6.45) is 1.95. The number of amides is 1. The Balaban J connectivity index is 2.58. The van der Waals surface area contributed by atoms with Crippen LogP contribution in [0, 0.1) is 5.82 Å². The summed E-state index contributed by atoms with van der Waals surface area (Å²) in [5.41, 5.74) is 6.02. The Hall–Kier alpha value is -1.66. The number of hydrogen-bond acceptors (Lipinski definition) is 4. The van der Waals surface area contributed by atoms with Crippen molar-refractivity contribution >= 4 is 17.3 Å². The molecule has 6 heteroatoms. The van der Waals surface area contributed by atoms with Crippen molar-refractivity contribution in [3.05, 3.63) is 24.0 Å². The van der Waals surface area contributed by atoms with Crippen LogP contribution >= 0.6 is 0 Å². The minimum atomic E-state index is -0.519. The fourth-order valence-corrected chi connectivity index (χ4v) is 1.82. The van der Waals surface area contributed by atoms with Gasteiger partial charge >= 0.3 is 0 Å². The number of hydrogen-bond donors (Lipinski definition) is 3. The lowest BCUT2D eigenvalue weighted by molar-refractivity contribution is -0.117. The van der Waals surface area contributed by atoms with E-state index in [9.17, 15) is 9.18 Å². The van der Waals surface area contributed by atoms with Gasteiger partial charge in [-0.25, -0.2) is 4.39 Å². The first-order valence-electron chi connectivity index (χ1n) is 6.75. The molecule has 1 rings (SSSR count). The molecule has 0 aliphatic carbocycles. The summed E-state index contributed by atoms with van der Waals surface area (Å²) in [6, 6.07) is 4.04. The molecule has 0 radical (unpaired) electrons. The molecule has 20 heavy (non-hydrogen) atoms. The van der Waals surface area contributed by atoms with Gasteiger partial charge in [0.2, 0.25) is 5.91 Å². The van der Waals surface area contributed by atoms with Crippen LogP contribution in [0.25, 0.3) is 0 Å². The van der Waals surface area contributed by atoms with E-state index in [1.807, 2.05) is 4.90 Å². The van der Waals surface area contributed by atoms with E-state index in [2.05, 4.69) is 12.2 Å². The molecule has 0 aromatic heterocycles. The molecule has 4 N–H and O–H groups in total. The van der Waals surface area contributed by atoms with Crippen molar-refractivity contribution in [1.82, 2.24) is 4.90 Å². The predicted octanol–water partition coefficient (Wildman–Crippen LogP) is 1.44. The van der Waals surface area contributed by atoms with Gasteiger partial charge in [0.25, 0.3) is 0 Å². The highest BCUT2D eigenvalue weighted by Crippen LogP contribution is 2.17. The van der Waals surface area contributed by atoms with Gasteiger partial charge in [-0.3, -0.25) is 9.69 Å². The van der Waals surface area contributed by atoms with Gasteiger partial charge in [-0.2, -0.15) is 0 Å². The Morgan fingerprint density at radius 1 is 1.45 bits per heavy atom. The fraction of sp³-hybridized carbons (Fsp3) is 0.500. The minimum absolute atomic E-state index is 0.0103. The van der Waals surface area contributed by atoms with Gasteiger partial charge in [0, 0.05) is 12.2 Å². The van der Waals surface area contributed by atoms with Crippen LogP contribution in [0.5, 0.6) is 0 Å². The first-order chi connectivity index (χ1) is 9.56. The monoisotopic (exact) mass is 283 g/mol. The SMILES string of the molecule is CCCCN(CCO)CC(=O)Nc1cc(N)ccc1F. The van der Waals surface area contributed by atoms with Crippen LogP contribution in [0.3, 0.4) is 0 Å². The first-order valence-corrected chi connectivity index (χ1v) is 6.75. The highest BCUT2D eigenvalue weighted by molar-refractivity contribution is 5.92. The number of aliphatic hydroxyl groups excluding tert-OH is 1. The molecule has 0 aliphatic heterocycles. The number of nitrogens with zero attached hydrogens (tertiary/aromatic N) is 1. The standard InChI is InChI=1S/C14H22FN3O2/c1-2-3-6-18(7-8-19)10-14(20)17-13-9-11(16)4-5-12(13)15/h4-5,9,19H,2-3,6-8,10,16H2,1H3,(H,17,20). The number of anilines is 2. The number of nitrogens with two attached hydrogens (primary N) is 1. The molecule has 1 amide bonds. The number of rotatable bonds is 8. The summed E-state index contributed by atoms with van der Waals surface area (Å²) in [4.78, 5) is 13.7. The fourth-order valence-electron chi connectivity index (χ4n) is 1.82. The Labute approximate surface area is 118 Å². The normalized spacial score (nSPS) is 10.8. The molecule has 5 nitrogen and oxygen atoms in total. The molecule has 0 atom stereocenters. The maximum absolute atomic E-state index is 13.5. The Kier molecular flexibility index (Phi) is 6.97. The lowest BCUT2D eigenvalue weighted by atomic mass is 10.2. The van der Waals surface area contributed by atoms with Gasteiger partial charge in [0.15, 0.2) is 0 Å². The molecular weight excluding hydrogens is 261 g/mol. The molecule has 112 valence electrons. The molecule has 0 bridgehead atoms. The van der Waals surface area contributed by atoms with Crippen molar-refractivity contribution in [1.29, 1.82) is 0 Å². The Bertz CT molecular complexity index is 440. The lowest BCUT2D eigenvalue weighted by Gasteiger charge is -2.20. The van der Waals surface area contributed by atoms with Crippen LogP contribution in [0.15, 0.2) is 18.2 Å². The summed E-state index contributed by atoms with van der Waals surface area (Å²) in [7, 11) is 0. The third kappa shape index (κ3) is 5.54. The maximum Gasteiger partial charge on any atom is 0.238 e. The predicted molar refractivity (Wildman–Crippen MR) is 77.9 cm³/mol. The molecule has 0 spiro atoms. The molecule has 0 saturated heterocycles. The van der Waals surface area contributed by atoms with Crippen LogP contribution < -0.4 is 11.1 Å². The number of aliphatic hydroxyl groups is 1. The van der Waals surface area contributed by atoms with Crippen LogP contribution in [-0.4, -0.2) is 42.2 Å². The number of carbonyl (C=O) groups is 1. The zero-order chi connectivity index (χ0) is 15.0. The lowest BCUT2D eigenvalue weighted by Crippen LogP contribution is -2.36. The van der Waals surface area contributed by atoms with E-state index in [4.69, 9.17) is 10.8 Å². The van der Waals surface area contributed by atoms with Gasteiger partial charge in [0.1, 0.15) is 5.82 Å². The first kappa shape index (κ1) is 16.4. The van der Waals surface area contributed by atoms with Crippen molar-refractivity contribution in [3.8, 4) is 0 Å². The van der Waals surface area contributed by atoms with E-state index >= 15 is 0 Å². The highest BCUT2D eigenvalue weighted by atomic mass is 19.1. The third-order valence-electron chi connectivity index (χ3n) is 2.88. The highest BCUT2D eigenvalue weighted by Gasteiger charge is 2.12. The quantitative estimate of drug-likeness (QED) is 0.631. The summed E-state index contributed by atoms with van der Waals surface area (Å²) in [5, 5.41) is 11.5. The second kappa shape index (κ2) is 8.50. The van der Waals surface area contributed by atoms with E-state index in [0.29, 0.717) is 12.2 Å². The van der Waals surface area contributed by atoms with E-state index in [0.717, 1.165) is 19.4 Å². The molecule has 0 saturated carbocycles. The third-order valence-corrected chi connectivity index (χ3v) is 2.88. The summed E-state index contributed by atoms with van der Waals surface area (Å²) in [5.74, 6) is -0.839. The van der Waals surface area contributed by atoms with Crippen LogP contribution in [-0.2, 0) is 4.79 Å². The average Bonchev–Trinajstić information content (AvgIpc) is 2.40.